The average molecular weight is 881 g/mol. The van der Waals surface area contributed by atoms with Crippen LogP contribution in [-0.4, -0.2) is 4.57 Å². The molecule has 0 atom stereocenters. The van der Waals surface area contributed by atoms with Crippen LogP contribution >= 0.6 is 0 Å². The quantitative estimate of drug-likeness (QED) is 0.148. The molecule has 1 aliphatic rings. The Morgan fingerprint density at radius 1 is 0.304 bits per heavy atom. The van der Waals surface area contributed by atoms with E-state index in [4.69, 9.17) is 0 Å². The third-order valence-electron chi connectivity index (χ3n) is 14.6. The van der Waals surface area contributed by atoms with Crippen LogP contribution in [0.25, 0.3) is 93.9 Å². The molecule has 1 heterocycles. The van der Waals surface area contributed by atoms with Crippen molar-refractivity contribution >= 4 is 49.6 Å². The molecule has 1 aliphatic carbocycles. The minimum atomic E-state index is -0.127. The lowest BCUT2D eigenvalue weighted by atomic mass is 9.82. The molecule has 0 unspecified atom stereocenters. The summed E-state index contributed by atoms with van der Waals surface area (Å²) in [5, 5.41) is 4.93. The van der Waals surface area contributed by atoms with Crippen molar-refractivity contribution in [2.24, 2.45) is 0 Å². The van der Waals surface area contributed by atoms with Crippen LogP contribution in [0.4, 0.5) is 17.1 Å². The highest BCUT2D eigenvalue weighted by Gasteiger charge is 2.36. The van der Waals surface area contributed by atoms with Crippen molar-refractivity contribution in [3.8, 4) is 61.3 Å². The molecule has 13 rings (SSSR count). The molecular weight excluding hydrogens is 833 g/mol. The summed E-state index contributed by atoms with van der Waals surface area (Å²) >= 11 is 0. The van der Waals surface area contributed by atoms with Crippen LogP contribution in [-0.2, 0) is 5.41 Å². The highest BCUT2D eigenvalue weighted by atomic mass is 15.1. The van der Waals surface area contributed by atoms with Gasteiger partial charge in [0.2, 0.25) is 0 Å². The van der Waals surface area contributed by atoms with Crippen LogP contribution in [0.2, 0.25) is 0 Å². The number of benzene rings is 11. The molecule has 0 fully saturated rings. The third kappa shape index (κ3) is 6.79. The Morgan fingerprint density at radius 3 is 1.61 bits per heavy atom. The number of hydrogen-bond acceptors (Lipinski definition) is 1. The lowest BCUT2D eigenvalue weighted by molar-refractivity contribution is 0.660. The fourth-order valence-corrected chi connectivity index (χ4v) is 11.2. The summed E-state index contributed by atoms with van der Waals surface area (Å²) in [7, 11) is 0. The normalized spacial score (nSPS) is 12.6. The molecule has 326 valence electrons. The van der Waals surface area contributed by atoms with E-state index < -0.39 is 0 Å². The van der Waals surface area contributed by atoms with Gasteiger partial charge in [-0.05, 0) is 139 Å². The number of para-hydroxylation sites is 1. The predicted molar refractivity (Wildman–Crippen MR) is 292 cm³/mol. The van der Waals surface area contributed by atoms with Gasteiger partial charge >= 0.3 is 0 Å². The molecule has 0 spiro atoms. The molecule has 12 aromatic rings. The van der Waals surface area contributed by atoms with Crippen LogP contribution in [0, 0.1) is 0 Å². The van der Waals surface area contributed by atoms with Crippen molar-refractivity contribution in [2.45, 2.75) is 19.3 Å². The van der Waals surface area contributed by atoms with Gasteiger partial charge in [-0.3, -0.25) is 0 Å². The van der Waals surface area contributed by atoms with E-state index in [1.807, 2.05) is 0 Å². The van der Waals surface area contributed by atoms with E-state index in [-0.39, 0.29) is 5.41 Å². The molecule has 1 aromatic heterocycles. The van der Waals surface area contributed by atoms with E-state index in [0.29, 0.717) is 0 Å². The number of hydrogen-bond donors (Lipinski definition) is 0. The highest BCUT2D eigenvalue weighted by Crippen LogP contribution is 2.51. The molecule has 0 bridgehead atoms. The van der Waals surface area contributed by atoms with E-state index in [1.54, 1.807) is 0 Å². The van der Waals surface area contributed by atoms with Gasteiger partial charge < -0.3 is 9.47 Å². The molecule has 2 nitrogen and oxygen atoms in total. The molecule has 0 aliphatic heterocycles. The van der Waals surface area contributed by atoms with Gasteiger partial charge in [-0.25, -0.2) is 0 Å². The Morgan fingerprint density at radius 2 is 0.826 bits per heavy atom. The standard InChI is InChI=1S/C67H48N2/c1-67(2)62-26-13-11-23-57(62)58-38-37-54(44-63(58)67)68(65-41-39-55(48-18-7-4-8-19-48)56-22-9-10-24-59(56)65)52-33-30-47(31-34-52)49-20-15-21-50(42-49)51-32-40-66-61(43-51)60-25-12-14-27-64(60)69(66)53-35-28-46(29-36-53)45-16-5-3-6-17-45/h3-44H,1-2H3. The molecular formula is C67H48N2. The second-order valence-corrected chi connectivity index (χ2v) is 18.9. The fraction of sp³-hybridized carbons (Fsp3) is 0.0448. The number of anilines is 3. The largest absolute Gasteiger partial charge is 0.310 e. The van der Waals surface area contributed by atoms with E-state index >= 15 is 0 Å². The topological polar surface area (TPSA) is 8.17 Å². The summed E-state index contributed by atoms with van der Waals surface area (Å²) in [6, 6.07) is 93.6. The Balaban J connectivity index is 0.883. The Kier molecular flexibility index (Phi) is 9.55. The Hall–Kier alpha value is -8.72. The van der Waals surface area contributed by atoms with E-state index in [1.165, 1.54) is 99.3 Å². The van der Waals surface area contributed by atoms with Crippen LogP contribution < -0.4 is 4.90 Å². The second-order valence-electron chi connectivity index (χ2n) is 18.9. The summed E-state index contributed by atoms with van der Waals surface area (Å²) in [6.45, 7) is 4.72. The zero-order chi connectivity index (χ0) is 46.1. The summed E-state index contributed by atoms with van der Waals surface area (Å²) in [5.41, 5.74) is 21.8. The Labute approximate surface area is 403 Å². The first kappa shape index (κ1) is 40.5. The maximum atomic E-state index is 2.46. The highest BCUT2D eigenvalue weighted by molar-refractivity contribution is 6.11. The zero-order valence-corrected chi connectivity index (χ0v) is 38.6. The van der Waals surface area contributed by atoms with Gasteiger partial charge in [-0.15, -0.1) is 0 Å². The van der Waals surface area contributed by atoms with Gasteiger partial charge in [-0.1, -0.05) is 202 Å². The lowest BCUT2D eigenvalue weighted by Gasteiger charge is -2.29. The van der Waals surface area contributed by atoms with Crippen molar-refractivity contribution in [3.63, 3.8) is 0 Å². The first-order valence-corrected chi connectivity index (χ1v) is 24.0. The predicted octanol–water partition coefficient (Wildman–Crippen LogP) is 18.4. The fourth-order valence-electron chi connectivity index (χ4n) is 11.2. The van der Waals surface area contributed by atoms with Crippen molar-refractivity contribution in [1.29, 1.82) is 0 Å². The minimum Gasteiger partial charge on any atom is -0.310 e. The molecule has 0 radical (unpaired) electrons. The van der Waals surface area contributed by atoms with Gasteiger partial charge in [0.1, 0.15) is 0 Å². The van der Waals surface area contributed by atoms with E-state index in [9.17, 15) is 0 Å². The number of fused-ring (bicyclic) bond motifs is 7. The monoisotopic (exact) mass is 880 g/mol. The second kappa shape index (κ2) is 16.3. The molecule has 2 heteroatoms. The molecule has 69 heavy (non-hydrogen) atoms. The maximum absolute atomic E-state index is 2.46. The van der Waals surface area contributed by atoms with Crippen LogP contribution in [0.1, 0.15) is 25.0 Å². The van der Waals surface area contributed by atoms with E-state index in [2.05, 4.69) is 278 Å². The first-order chi connectivity index (χ1) is 34.0. The van der Waals surface area contributed by atoms with Crippen molar-refractivity contribution in [3.05, 3.63) is 266 Å². The smallest absolute Gasteiger partial charge is 0.0541 e. The Bertz CT molecular complexity index is 3900. The van der Waals surface area contributed by atoms with E-state index in [0.717, 1.165) is 22.7 Å². The number of aromatic nitrogens is 1. The molecule has 0 N–H and O–H groups in total. The van der Waals surface area contributed by atoms with Crippen LogP contribution in [0.15, 0.2) is 255 Å². The van der Waals surface area contributed by atoms with Crippen molar-refractivity contribution in [2.75, 3.05) is 4.90 Å². The molecule has 0 amide bonds. The summed E-state index contributed by atoms with van der Waals surface area (Å²) in [6.07, 6.45) is 0. The molecule has 0 saturated carbocycles. The van der Waals surface area contributed by atoms with Crippen molar-refractivity contribution < 1.29 is 0 Å². The summed E-state index contributed by atoms with van der Waals surface area (Å²) in [5.74, 6) is 0. The molecule has 11 aromatic carbocycles. The SMILES string of the molecule is CC1(C)c2ccccc2-c2ccc(N(c3ccc(-c4cccc(-c5ccc6c(c5)c5ccccc5n6-c5ccc(-c6ccccc6)cc5)c4)cc3)c3ccc(-c4ccccc4)c4ccccc34)cc21. The average Bonchev–Trinajstić information content (AvgIpc) is 3.87. The first-order valence-electron chi connectivity index (χ1n) is 24.0. The van der Waals surface area contributed by atoms with Gasteiger partial charge in [0, 0.05) is 38.6 Å². The minimum absolute atomic E-state index is 0.127. The number of nitrogens with zero attached hydrogens (tertiary/aromatic N) is 2. The third-order valence-corrected chi connectivity index (χ3v) is 14.6. The lowest BCUT2D eigenvalue weighted by Crippen LogP contribution is -2.16. The zero-order valence-electron chi connectivity index (χ0n) is 38.6. The molecule has 0 saturated heterocycles. The summed E-state index contributed by atoms with van der Waals surface area (Å²) in [4.78, 5) is 2.46. The number of rotatable bonds is 8. The van der Waals surface area contributed by atoms with Crippen LogP contribution in [0.5, 0.6) is 0 Å². The summed E-state index contributed by atoms with van der Waals surface area (Å²) < 4.78 is 2.40. The van der Waals surface area contributed by atoms with Gasteiger partial charge in [0.25, 0.3) is 0 Å². The maximum Gasteiger partial charge on any atom is 0.0541 e. The van der Waals surface area contributed by atoms with Gasteiger partial charge in [-0.2, -0.15) is 0 Å². The van der Waals surface area contributed by atoms with Gasteiger partial charge in [0.15, 0.2) is 0 Å². The van der Waals surface area contributed by atoms with Crippen LogP contribution in [0.3, 0.4) is 0 Å². The van der Waals surface area contributed by atoms with Gasteiger partial charge in [0.05, 0.1) is 16.7 Å². The van der Waals surface area contributed by atoms with Crippen molar-refractivity contribution in [1.82, 2.24) is 4.57 Å².